The van der Waals surface area contributed by atoms with E-state index in [4.69, 9.17) is 9.51 Å². The first-order chi connectivity index (χ1) is 16.6. The van der Waals surface area contributed by atoms with E-state index in [1.165, 1.54) is 24.8 Å². The molecule has 2 aromatic carbocycles. The van der Waals surface area contributed by atoms with Crippen molar-refractivity contribution in [3.63, 3.8) is 0 Å². The average Bonchev–Trinajstić information content (AvgIpc) is 3.36. The average molecular weight is 481 g/mol. The number of sulfonamides is 1. The molecule has 34 heavy (non-hydrogen) atoms. The van der Waals surface area contributed by atoms with E-state index >= 15 is 0 Å². The lowest BCUT2D eigenvalue weighted by Gasteiger charge is -2.35. The maximum atomic E-state index is 12.6. The molecule has 1 aliphatic heterocycles. The molecule has 1 saturated carbocycles. The Kier molecular flexibility index (Phi) is 6.81. The lowest BCUT2D eigenvalue weighted by Crippen LogP contribution is -2.44. The Bertz CT molecular complexity index is 1170. The summed E-state index contributed by atoms with van der Waals surface area (Å²) in [5.41, 5.74) is 1.11. The minimum Gasteiger partial charge on any atom is -0.338 e. The smallest absolute Gasteiger partial charge is 0.240 e. The van der Waals surface area contributed by atoms with Crippen LogP contribution in [0.15, 0.2) is 70.1 Å². The third-order valence-electron chi connectivity index (χ3n) is 7.25. The fourth-order valence-electron chi connectivity index (χ4n) is 5.35. The molecule has 1 aliphatic carbocycles. The lowest BCUT2D eigenvalue weighted by molar-refractivity contribution is 0.177. The summed E-state index contributed by atoms with van der Waals surface area (Å²) >= 11 is 0. The van der Waals surface area contributed by atoms with Crippen LogP contribution in [0, 0.1) is 0 Å². The molecule has 2 fully saturated rings. The monoisotopic (exact) mass is 480 g/mol. The fraction of sp³-hybridized carbons (Fsp3) is 0.462. The van der Waals surface area contributed by atoms with Crippen LogP contribution in [0.4, 0.5) is 0 Å². The maximum absolute atomic E-state index is 12.6. The highest BCUT2D eigenvalue weighted by atomic mass is 32.2. The number of nitrogens with one attached hydrogen (secondary N) is 1. The first-order valence-corrected chi connectivity index (χ1v) is 13.7. The minimum atomic E-state index is -3.49. The topological polar surface area (TPSA) is 88.3 Å². The molecule has 0 bridgehead atoms. The predicted octanol–water partition coefficient (Wildman–Crippen LogP) is 4.26. The van der Waals surface area contributed by atoms with Crippen LogP contribution in [0.5, 0.6) is 0 Å². The second kappa shape index (κ2) is 9.98. The van der Waals surface area contributed by atoms with E-state index in [9.17, 15) is 8.42 Å². The zero-order valence-electron chi connectivity index (χ0n) is 19.4. The molecule has 2 aliphatic rings. The van der Waals surface area contributed by atoms with Crippen molar-refractivity contribution in [2.24, 2.45) is 0 Å². The van der Waals surface area contributed by atoms with Gasteiger partial charge >= 0.3 is 0 Å². The minimum absolute atomic E-state index is 0.0664. The highest BCUT2D eigenvalue weighted by molar-refractivity contribution is 7.89. The number of hydrogen-bond acceptors (Lipinski definition) is 6. The van der Waals surface area contributed by atoms with Crippen LogP contribution in [0.25, 0.3) is 0 Å². The lowest BCUT2D eigenvalue weighted by atomic mass is 9.69. The quantitative estimate of drug-likeness (QED) is 0.544. The van der Waals surface area contributed by atoms with Crippen LogP contribution < -0.4 is 4.72 Å². The Morgan fingerprint density at radius 1 is 0.941 bits per heavy atom. The molecule has 0 atom stereocenters. The summed E-state index contributed by atoms with van der Waals surface area (Å²) in [6.45, 7) is 2.16. The van der Waals surface area contributed by atoms with Crippen molar-refractivity contribution in [1.29, 1.82) is 0 Å². The van der Waals surface area contributed by atoms with E-state index in [0.717, 1.165) is 44.6 Å². The van der Waals surface area contributed by atoms with Gasteiger partial charge in [-0.1, -0.05) is 73.0 Å². The van der Waals surface area contributed by atoms with Gasteiger partial charge in [-0.05, 0) is 43.4 Å². The maximum Gasteiger partial charge on any atom is 0.240 e. The van der Waals surface area contributed by atoms with Crippen LogP contribution in [-0.2, 0) is 22.0 Å². The van der Waals surface area contributed by atoms with Crippen molar-refractivity contribution in [3.8, 4) is 0 Å². The van der Waals surface area contributed by atoms with Crippen LogP contribution in [0.3, 0.4) is 0 Å². The third kappa shape index (κ3) is 4.94. The Hall–Kier alpha value is -2.55. The molecule has 1 saturated heterocycles. The standard InChI is InChI=1S/C26H32N4O3S/c31-34(32,23-12-6-2-7-13-23)29-22-14-18-30(19-15-22)20-24-27-25(28-33-24)26(16-8-3-9-17-26)21-10-4-1-5-11-21/h1-2,4-7,10-13,22,29H,3,8-9,14-20H2. The van der Waals surface area contributed by atoms with Gasteiger partial charge in [0, 0.05) is 19.1 Å². The van der Waals surface area contributed by atoms with E-state index in [1.54, 1.807) is 24.3 Å². The summed E-state index contributed by atoms with van der Waals surface area (Å²) in [5, 5.41) is 4.45. The fourth-order valence-corrected chi connectivity index (χ4v) is 6.68. The normalized spacial score (nSPS) is 19.8. The van der Waals surface area contributed by atoms with Gasteiger partial charge in [-0.15, -0.1) is 0 Å². The van der Waals surface area contributed by atoms with E-state index in [-0.39, 0.29) is 11.5 Å². The highest BCUT2D eigenvalue weighted by Crippen LogP contribution is 2.43. The molecule has 5 rings (SSSR count). The van der Waals surface area contributed by atoms with Crippen molar-refractivity contribution >= 4 is 10.0 Å². The molecule has 1 N–H and O–H groups in total. The zero-order chi connectivity index (χ0) is 23.4. The molecule has 180 valence electrons. The molecule has 0 spiro atoms. The number of likely N-dealkylation sites (tertiary alicyclic amines) is 1. The molecule has 0 radical (unpaired) electrons. The van der Waals surface area contributed by atoms with Crippen molar-refractivity contribution in [2.75, 3.05) is 13.1 Å². The molecular formula is C26H32N4O3S. The van der Waals surface area contributed by atoms with Crippen LogP contribution in [-0.4, -0.2) is 42.6 Å². The summed E-state index contributed by atoms with van der Waals surface area (Å²) in [5.74, 6) is 1.44. The molecule has 8 heteroatoms. The molecule has 3 aromatic rings. The SMILES string of the molecule is O=S(=O)(NC1CCN(Cc2nc(C3(c4ccccc4)CCCCC3)no2)CC1)c1ccccc1. The van der Waals surface area contributed by atoms with Gasteiger partial charge in [0.05, 0.1) is 16.9 Å². The van der Waals surface area contributed by atoms with Gasteiger partial charge in [-0.3, -0.25) is 4.90 Å². The van der Waals surface area contributed by atoms with E-state index in [0.29, 0.717) is 17.3 Å². The second-order valence-corrected chi connectivity index (χ2v) is 11.2. The largest absolute Gasteiger partial charge is 0.338 e. The predicted molar refractivity (Wildman–Crippen MR) is 130 cm³/mol. The molecule has 2 heterocycles. The van der Waals surface area contributed by atoms with Gasteiger partial charge in [0.1, 0.15) is 0 Å². The summed E-state index contributed by atoms with van der Waals surface area (Å²) in [7, 11) is -3.49. The van der Waals surface area contributed by atoms with Crippen molar-refractivity contribution < 1.29 is 12.9 Å². The van der Waals surface area contributed by atoms with Gasteiger partial charge in [0.15, 0.2) is 5.82 Å². The molecule has 0 unspecified atom stereocenters. The summed E-state index contributed by atoms with van der Waals surface area (Å²) in [4.78, 5) is 7.44. The summed E-state index contributed by atoms with van der Waals surface area (Å²) in [6, 6.07) is 19.1. The van der Waals surface area contributed by atoms with Crippen molar-refractivity contribution in [3.05, 3.63) is 77.9 Å². The van der Waals surface area contributed by atoms with Gasteiger partial charge in [0.2, 0.25) is 15.9 Å². The highest BCUT2D eigenvalue weighted by Gasteiger charge is 2.40. The number of hydrogen-bond donors (Lipinski definition) is 1. The molecule has 0 amide bonds. The molecular weight excluding hydrogens is 448 g/mol. The van der Waals surface area contributed by atoms with Gasteiger partial charge in [-0.25, -0.2) is 13.1 Å². The number of piperidine rings is 1. The Morgan fingerprint density at radius 3 is 2.26 bits per heavy atom. The van der Waals surface area contributed by atoms with Crippen molar-refractivity contribution in [2.45, 2.75) is 67.8 Å². The number of rotatable bonds is 7. The molecule has 7 nitrogen and oxygen atoms in total. The van der Waals surface area contributed by atoms with Crippen LogP contribution >= 0.6 is 0 Å². The van der Waals surface area contributed by atoms with Gasteiger partial charge in [0.25, 0.3) is 0 Å². The number of aromatic nitrogens is 2. The Labute approximate surface area is 201 Å². The first-order valence-electron chi connectivity index (χ1n) is 12.2. The van der Waals surface area contributed by atoms with E-state index in [2.05, 4.69) is 39.0 Å². The number of nitrogens with zero attached hydrogens (tertiary/aromatic N) is 3. The van der Waals surface area contributed by atoms with Crippen LogP contribution in [0.2, 0.25) is 0 Å². The Morgan fingerprint density at radius 2 is 1.59 bits per heavy atom. The van der Waals surface area contributed by atoms with E-state index in [1.807, 2.05) is 12.1 Å². The second-order valence-electron chi connectivity index (χ2n) is 9.51. The molecule has 1 aromatic heterocycles. The van der Waals surface area contributed by atoms with Crippen LogP contribution in [0.1, 0.15) is 62.2 Å². The van der Waals surface area contributed by atoms with Gasteiger partial charge < -0.3 is 4.52 Å². The zero-order valence-corrected chi connectivity index (χ0v) is 20.2. The summed E-state index contributed by atoms with van der Waals surface area (Å²) in [6.07, 6.45) is 7.19. The summed E-state index contributed by atoms with van der Waals surface area (Å²) < 4.78 is 33.8. The number of benzene rings is 2. The Balaban J connectivity index is 1.21. The van der Waals surface area contributed by atoms with Gasteiger partial charge in [-0.2, -0.15) is 4.98 Å². The first kappa shape index (κ1) is 23.2. The third-order valence-corrected chi connectivity index (χ3v) is 8.79. The van der Waals surface area contributed by atoms with E-state index < -0.39 is 10.0 Å². The van der Waals surface area contributed by atoms with Crippen molar-refractivity contribution in [1.82, 2.24) is 19.8 Å².